The summed E-state index contributed by atoms with van der Waals surface area (Å²) in [6.07, 6.45) is 5.75. The molecule has 0 unspecified atom stereocenters. The lowest BCUT2D eigenvalue weighted by Crippen LogP contribution is -2.36. The first-order valence-corrected chi connectivity index (χ1v) is 6.48. The van der Waals surface area contributed by atoms with Gasteiger partial charge in [0, 0.05) is 13.1 Å². The number of hydrogen-bond donors (Lipinski definition) is 1. The van der Waals surface area contributed by atoms with Crippen LogP contribution < -0.4 is 10.6 Å². The SMILES string of the molecule is CC1CCC(N(C)c2ncc([N+](=O)[O-])c(N)n2)CC1. The van der Waals surface area contributed by atoms with Crippen LogP contribution in [0.4, 0.5) is 17.5 Å². The molecule has 7 heteroatoms. The smallest absolute Gasteiger partial charge is 0.329 e. The third-order valence-corrected chi connectivity index (χ3v) is 3.83. The van der Waals surface area contributed by atoms with Crippen molar-refractivity contribution >= 4 is 17.5 Å². The van der Waals surface area contributed by atoms with E-state index in [-0.39, 0.29) is 11.5 Å². The summed E-state index contributed by atoms with van der Waals surface area (Å²) in [6.45, 7) is 2.26. The molecule has 1 saturated carbocycles. The molecule has 19 heavy (non-hydrogen) atoms. The highest BCUT2D eigenvalue weighted by Crippen LogP contribution is 2.29. The van der Waals surface area contributed by atoms with Crippen molar-refractivity contribution in [3.63, 3.8) is 0 Å². The van der Waals surface area contributed by atoms with Gasteiger partial charge >= 0.3 is 5.69 Å². The highest BCUT2D eigenvalue weighted by molar-refractivity contribution is 5.53. The predicted molar refractivity (Wildman–Crippen MR) is 72.9 cm³/mol. The molecule has 1 aromatic heterocycles. The molecule has 0 saturated heterocycles. The summed E-state index contributed by atoms with van der Waals surface area (Å²) in [7, 11) is 1.92. The zero-order chi connectivity index (χ0) is 14.0. The molecule has 0 spiro atoms. The molecule has 0 aliphatic heterocycles. The minimum Gasteiger partial charge on any atom is -0.378 e. The largest absolute Gasteiger partial charge is 0.378 e. The van der Waals surface area contributed by atoms with Crippen LogP contribution in [0.25, 0.3) is 0 Å². The molecular weight excluding hydrogens is 246 g/mol. The monoisotopic (exact) mass is 265 g/mol. The summed E-state index contributed by atoms with van der Waals surface area (Å²) >= 11 is 0. The van der Waals surface area contributed by atoms with Crippen molar-refractivity contribution in [2.45, 2.75) is 38.6 Å². The van der Waals surface area contributed by atoms with Crippen molar-refractivity contribution in [3.8, 4) is 0 Å². The van der Waals surface area contributed by atoms with Gasteiger partial charge < -0.3 is 10.6 Å². The number of anilines is 2. The van der Waals surface area contributed by atoms with Crippen molar-refractivity contribution in [2.75, 3.05) is 17.7 Å². The minimum atomic E-state index is -0.568. The number of nitrogens with two attached hydrogens (primary N) is 1. The van der Waals surface area contributed by atoms with Gasteiger partial charge in [0.1, 0.15) is 6.20 Å². The Balaban J connectivity index is 2.13. The Kier molecular flexibility index (Phi) is 3.82. The molecule has 0 radical (unpaired) electrons. The van der Waals surface area contributed by atoms with E-state index < -0.39 is 4.92 Å². The second-order valence-corrected chi connectivity index (χ2v) is 5.22. The van der Waals surface area contributed by atoms with Crippen LogP contribution in [0.15, 0.2) is 6.20 Å². The summed E-state index contributed by atoms with van der Waals surface area (Å²) in [5.74, 6) is 1.15. The quantitative estimate of drug-likeness (QED) is 0.662. The number of aromatic nitrogens is 2. The molecule has 2 rings (SSSR count). The van der Waals surface area contributed by atoms with Crippen molar-refractivity contribution in [2.24, 2.45) is 5.92 Å². The molecule has 2 N–H and O–H groups in total. The van der Waals surface area contributed by atoms with Gasteiger partial charge in [-0.25, -0.2) is 4.98 Å². The van der Waals surface area contributed by atoms with Gasteiger partial charge in [-0.2, -0.15) is 4.98 Å². The number of rotatable bonds is 3. The van der Waals surface area contributed by atoms with Gasteiger partial charge in [0.25, 0.3) is 0 Å². The second-order valence-electron chi connectivity index (χ2n) is 5.22. The van der Waals surface area contributed by atoms with E-state index >= 15 is 0 Å². The fourth-order valence-electron chi connectivity index (χ4n) is 2.48. The Morgan fingerprint density at radius 2 is 2.05 bits per heavy atom. The first kappa shape index (κ1) is 13.5. The summed E-state index contributed by atoms with van der Waals surface area (Å²) in [6, 6.07) is 0.386. The summed E-state index contributed by atoms with van der Waals surface area (Å²) in [5, 5.41) is 10.7. The maximum Gasteiger partial charge on any atom is 0.329 e. The molecular formula is C12H19N5O2. The minimum absolute atomic E-state index is 0.0778. The zero-order valence-electron chi connectivity index (χ0n) is 11.2. The fraction of sp³-hybridized carbons (Fsp3) is 0.667. The molecule has 1 fully saturated rings. The Labute approximate surface area is 112 Å². The summed E-state index contributed by atoms with van der Waals surface area (Å²) in [5.41, 5.74) is 5.35. The van der Waals surface area contributed by atoms with Crippen LogP contribution in [0.3, 0.4) is 0 Å². The lowest BCUT2D eigenvalue weighted by atomic mass is 9.87. The molecule has 7 nitrogen and oxygen atoms in total. The highest BCUT2D eigenvalue weighted by atomic mass is 16.6. The van der Waals surface area contributed by atoms with Crippen LogP contribution in [-0.4, -0.2) is 28.0 Å². The molecule has 0 bridgehead atoms. The van der Waals surface area contributed by atoms with E-state index in [9.17, 15) is 10.1 Å². The zero-order valence-corrected chi connectivity index (χ0v) is 11.2. The van der Waals surface area contributed by atoms with Crippen molar-refractivity contribution in [1.82, 2.24) is 9.97 Å². The van der Waals surface area contributed by atoms with Gasteiger partial charge in [0.2, 0.25) is 11.8 Å². The molecule has 1 aliphatic rings. The average Bonchev–Trinajstić information content (AvgIpc) is 2.38. The molecule has 0 aromatic carbocycles. The number of nitrogen functional groups attached to an aromatic ring is 1. The van der Waals surface area contributed by atoms with Crippen LogP contribution in [-0.2, 0) is 0 Å². The molecule has 1 aliphatic carbocycles. The number of hydrogen-bond acceptors (Lipinski definition) is 6. The maximum absolute atomic E-state index is 10.7. The van der Waals surface area contributed by atoms with E-state index in [1.54, 1.807) is 0 Å². The van der Waals surface area contributed by atoms with Crippen LogP contribution in [0.1, 0.15) is 32.6 Å². The second kappa shape index (κ2) is 5.38. The number of nitro groups is 1. The standard InChI is InChI=1S/C12H19N5O2/c1-8-3-5-9(6-4-8)16(2)12-14-7-10(17(18)19)11(13)15-12/h7-9H,3-6H2,1-2H3,(H2,13,14,15). The molecule has 1 aromatic rings. The van der Waals surface area contributed by atoms with E-state index in [0.717, 1.165) is 18.8 Å². The van der Waals surface area contributed by atoms with Crippen molar-refractivity contribution in [1.29, 1.82) is 0 Å². The summed E-state index contributed by atoms with van der Waals surface area (Å²) in [4.78, 5) is 20.2. The third kappa shape index (κ3) is 2.91. The van der Waals surface area contributed by atoms with E-state index in [1.165, 1.54) is 19.0 Å². The van der Waals surface area contributed by atoms with Gasteiger partial charge in [-0.1, -0.05) is 6.92 Å². The Morgan fingerprint density at radius 1 is 1.42 bits per heavy atom. The van der Waals surface area contributed by atoms with E-state index in [2.05, 4.69) is 16.9 Å². The summed E-state index contributed by atoms with van der Waals surface area (Å²) < 4.78 is 0. The Morgan fingerprint density at radius 3 is 2.58 bits per heavy atom. The maximum atomic E-state index is 10.7. The van der Waals surface area contributed by atoms with Crippen molar-refractivity contribution < 1.29 is 4.92 Å². The lowest BCUT2D eigenvalue weighted by molar-refractivity contribution is -0.384. The van der Waals surface area contributed by atoms with Crippen LogP contribution in [0.2, 0.25) is 0 Å². The number of nitrogens with zero attached hydrogens (tertiary/aromatic N) is 4. The highest BCUT2D eigenvalue weighted by Gasteiger charge is 2.24. The van der Waals surface area contributed by atoms with Gasteiger partial charge in [-0.3, -0.25) is 10.1 Å². The topological polar surface area (TPSA) is 98.2 Å². The van der Waals surface area contributed by atoms with E-state index in [0.29, 0.717) is 12.0 Å². The third-order valence-electron chi connectivity index (χ3n) is 3.83. The molecule has 1 heterocycles. The predicted octanol–water partition coefficient (Wildman–Crippen LogP) is 1.98. The van der Waals surface area contributed by atoms with Crippen LogP contribution >= 0.6 is 0 Å². The van der Waals surface area contributed by atoms with Gasteiger partial charge in [-0.15, -0.1) is 0 Å². The van der Waals surface area contributed by atoms with Gasteiger partial charge in [0.15, 0.2) is 0 Å². The van der Waals surface area contributed by atoms with Gasteiger partial charge in [-0.05, 0) is 31.6 Å². The first-order valence-electron chi connectivity index (χ1n) is 6.48. The Hall–Kier alpha value is -1.92. The van der Waals surface area contributed by atoms with Crippen LogP contribution in [0.5, 0.6) is 0 Å². The Bertz CT molecular complexity index is 471. The van der Waals surface area contributed by atoms with Crippen molar-refractivity contribution in [3.05, 3.63) is 16.3 Å². The van der Waals surface area contributed by atoms with Gasteiger partial charge in [0.05, 0.1) is 4.92 Å². The average molecular weight is 265 g/mol. The first-order chi connectivity index (χ1) is 8.99. The normalized spacial score (nSPS) is 23.1. The van der Waals surface area contributed by atoms with Crippen LogP contribution in [0, 0.1) is 16.0 Å². The lowest BCUT2D eigenvalue weighted by Gasteiger charge is -2.33. The molecule has 0 atom stereocenters. The molecule has 0 amide bonds. The fourth-order valence-corrected chi connectivity index (χ4v) is 2.48. The van der Waals surface area contributed by atoms with E-state index in [4.69, 9.17) is 5.73 Å². The molecule has 104 valence electrons. The van der Waals surface area contributed by atoms with E-state index in [1.807, 2.05) is 11.9 Å².